The summed E-state index contributed by atoms with van der Waals surface area (Å²) in [6.45, 7) is 5.19. The van der Waals surface area contributed by atoms with Crippen molar-refractivity contribution in [1.29, 1.82) is 0 Å². The first-order valence-electron chi connectivity index (χ1n) is 7.45. The summed E-state index contributed by atoms with van der Waals surface area (Å²) >= 11 is 0. The van der Waals surface area contributed by atoms with E-state index in [0.29, 0.717) is 31.0 Å². The lowest BCUT2D eigenvalue weighted by Crippen LogP contribution is -2.46. The Labute approximate surface area is 124 Å². The molecule has 0 atom stereocenters. The van der Waals surface area contributed by atoms with E-state index in [1.807, 2.05) is 13.8 Å². The van der Waals surface area contributed by atoms with Crippen LogP contribution in [0.3, 0.4) is 0 Å². The quantitative estimate of drug-likeness (QED) is 0.911. The first-order valence-corrected chi connectivity index (χ1v) is 7.45. The van der Waals surface area contributed by atoms with Crippen molar-refractivity contribution in [3.63, 3.8) is 0 Å². The van der Waals surface area contributed by atoms with Crippen molar-refractivity contribution >= 4 is 6.03 Å². The molecule has 21 heavy (non-hydrogen) atoms. The minimum Gasteiger partial charge on any atom is -0.336 e. The number of halogens is 2. The van der Waals surface area contributed by atoms with Crippen molar-refractivity contribution in [3.8, 4) is 0 Å². The number of piperidine rings is 1. The van der Waals surface area contributed by atoms with Gasteiger partial charge >= 0.3 is 6.03 Å². The van der Waals surface area contributed by atoms with Gasteiger partial charge < -0.3 is 10.2 Å². The van der Waals surface area contributed by atoms with Gasteiger partial charge in [-0.3, -0.25) is 0 Å². The monoisotopic (exact) mass is 296 g/mol. The fraction of sp³-hybridized carbons (Fsp3) is 0.562. The number of hydrogen-bond acceptors (Lipinski definition) is 1. The normalized spacial score (nSPS) is 16.3. The van der Waals surface area contributed by atoms with Crippen molar-refractivity contribution in [1.82, 2.24) is 10.2 Å². The Kier molecular flexibility index (Phi) is 5.15. The third kappa shape index (κ3) is 4.41. The number of carbonyl (C=O) groups excluding carboxylic acids is 1. The molecule has 1 fully saturated rings. The Balaban J connectivity index is 1.87. The summed E-state index contributed by atoms with van der Waals surface area (Å²) in [6, 6.07) is 3.66. The highest BCUT2D eigenvalue weighted by atomic mass is 19.1. The van der Waals surface area contributed by atoms with Crippen LogP contribution in [-0.4, -0.2) is 30.1 Å². The lowest BCUT2D eigenvalue weighted by molar-refractivity contribution is 0.168. The molecule has 1 aromatic rings. The van der Waals surface area contributed by atoms with Crippen LogP contribution in [0.5, 0.6) is 0 Å². The van der Waals surface area contributed by atoms with Crippen molar-refractivity contribution in [2.75, 3.05) is 13.1 Å². The summed E-state index contributed by atoms with van der Waals surface area (Å²) < 4.78 is 26.8. The number of nitrogens with one attached hydrogen (secondary N) is 1. The summed E-state index contributed by atoms with van der Waals surface area (Å²) in [7, 11) is 0. The van der Waals surface area contributed by atoms with Gasteiger partial charge in [0, 0.05) is 19.1 Å². The van der Waals surface area contributed by atoms with E-state index in [1.54, 1.807) is 4.90 Å². The molecule has 1 aliphatic heterocycles. The van der Waals surface area contributed by atoms with Gasteiger partial charge in [-0.2, -0.15) is 0 Å². The van der Waals surface area contributed by atoms with Crippen LogP contribution in [0.15, 0.2) is 18.2 Å². The van der Waals surface area contributed by atoms with Crippen molar-refractivity contribution in [3.05, 3.63) is 35.4 Å². The van der Waals surface area contributed by atoms with Gasteiger partial charge in [-0.1, -0.05) is 0 Å². The summed E-state index contributed by atoms with van der Waals surface area (Å²) in [5, 5.41) is 2.87. The molecule has 2 amide bonds. The van der Waals surface area contributed by atoms with E-state index in [-0.39, 0.29) is 17.9 Å². The van der Waals surface area contributed by atoms with Gasteiger partial charge in [0.25, 0.3) is 0 Å². The predicted octanol–water partition coefficient (Wildman–Crippen LogP) is 3.34. The summed E-state index contributed by atoms with van der Waals surface area (Å²) in [5.74, 6) is -0.457. The number of benzene rings is 1. The molecule has 0 aromatic heterocycles. The molecule has 2 rings (SSSR count). The van der Waals surface area contributed by atoms with E-state index in [4.69, 9.17) is 0 Å². The van der Waals surface area contributed by atoms with Crippen LogP contribution in [0, 0.1) is 17.6 Å². The van der Waals surface area contributed by atoms with Gasteiger partial charge in [0.15, 0.2) is 0 Å². The highest BCUT2D eigenvalue weighted by Gasteiger charge is 2.24. The molecule has 0 spiro atoms. The number of likely N-dealkylation sites (tertiary alicyclic amines) is 1. The number of urea groups is 1. The molecule has 1 saturated heterocycles. The first-order chi connectivity index (χ1) is 9.95. The van der Waals surface area contributed by atoms with E-state index in [2.05, 4.69) is 5.32 Å². The Bertz CT molecular complexity index is 497. The molecule has 0 bridgehead atoms. The molecule has 0 aliphatic carbocycles. The maximum absolute atomic E-state index is 13.6. The van der Waals surface area contributed by atoms with Crippen molar-refractivity contribution in [2.24, 2.45) is 5.92 Å². The zero-order chi connectivity index (χ0) is 15.4. The molecule has 0 saturated carbocycles. The molecule has 5 heteroatoms. The lowest BCUT2D eigenvalue weighted by Gasteiger charge is -2.32. The molecule has 1 N–H and O–H groups in total. The van der Waals surface area contributed by atoms with Crippen LogP contribution in [0.2, 0.25) is 0 Å². The standard InChI is InChI=1S/C16H22F2N2O/c1-11(2)19-16(21)20-7-5-12(6-8-20)9-13-10-14(17)3-4-15(13)18/h3-4,10-12H,5-9H2,1-2H3,(H,19,21). The minimum atomic E-state index is -0.403. The smallest absolute Gasteiger partial charge is 0.317 e. The van der Waals surface area contributed by atoms with Crippen LogP contribution in [-0.2, 0) is 6.42 Å². The summed E-state index contributed by atoms with van der Waals surface area (Å²) in [5.41, 5.74) is 0.431. The lowest BCUT2D eigenvalue weighted by atomic mass is 9.90. The Morgan fingerprint density at radius 3 is 2.62 bits per heavy atom. The van der Waals surface area contributed by atoms with Gasteiger partial charge in [-0.15, -0.1) is 0 Å². The number of carbonyl (C=O) groups is 1. The SMILES string of the molecule is CC(C)NC(=O)N1CCC(Cc2cc(F)ccc2F)CC1. The molecule has 1 heterocycles. The van der Waals surface area contributed by atoms with Gasteiger partial charge in [0.05, 0.1) is 0 Å². The fourth-order valence-electron chi connectivity index (χ4n) is 2.69. The average molecular weight is 296 g/mol. The van der Waals surface area contributed by atoms with Crippen LogP contribution in [0.25, 0.3) is 0 Å². The van der Waals surface area contributed by atoms with Crippen LogP contribution in [0.1, 0.15) is 32.3 Å². The summed E-state index contributed by atoms with van der Waals surface area (Å²) in [6.07, 6.45) is 2.17. The van der Waals surface area contributed by atoms with E-state index >= 15 is 0 Å². The second kappa shape index (κ2) is 6.87. The van der Waals surface area contributed by atoms with Gasteiger partial charge in [-0.05, 0) is 62.8 Å². The largest absolute Gasteiger partial charge is 0.336 e. The molecule has 1 aromatic carbocycles. The van der Waals surface area contributed by atoms with Crippen molar-refractivity contribution in [2.45, 2.75) is 39.2 Å². The second-order valence-electron chi connectivity index (χ2n) is 5.97. The highest BCUT2D eigenvalue weighted by molar-refractivity contribution is 5.74. The van der Waals surface area contributed by atoms with E-state index in [0.717, 1.165) is 18.9 Å². The van der Waals surface area contributed by atoms with E-state index in [9.17, 15) is 13.6 Å². The maximum atomic E-state index is 13.6. The van der Waals surface area contributed by atoms with Crippen molar-refractivity contribution < 1.29 is 13.6 Å². The molecular formula is C16H22F2N2O. The molecule has 3 nitrogen and oxygen atoms in total. The molecule has 0 radical (unpaired) electrons. The molecular weight excluding hydrogens is 274 g/mol. The van der Waals surface area contributed by atoms with E-state index < -0.39 is 5.82 Å². The molecule has 0 unspecified atom stereocenters. The highest BCUT2D eigenvalue weighted by Crippen LogP contribution is 2.23. The summed E-state index contributed by atoms with van der Waals surface area (Å²) in [4.78, 5) is 13.7. The maximum Gasteiger partial charge on any atom is 0.317 e. The topological polar surface area (TPSA) is 32.3 Å². The molecule has 1 aliphatic rings. The van der Waals surface area contributed by atoms with Crippen LogP contribution < -0.4 is 5.32 Å². The second-order valence-corrected chi connectivity index (χ2v) is 5.97. The number of amides is 2. The number of hydrogen-bond donors (Lipinski definition) is 1. The zero-order valence-electron chi connectivity index (χ0n) is 12.5. The third-order valence-electron chi connectivity index (χ3n) is 3.83. The first kappa shape index (κ1) is 15.7. The zero-order valence-corrected chi connectivity index (χ0v) is 12.5. The van der Waals surface area contributed by atoms with Crippen LogP contribution >= 0.6 is 0 Å². The Morgan fingerprint density at radius 1 is 1.33 bits per heavy atom. The van der Waals surface area contributed by atoms with Gasteiger partial charge in [0.2, 0.25) is 0 Å². The third-order valence-corrected chi connectivity index (χ3v) is 3.83. The van der Waals surface area contributed by atoms with E-state index in [1.165, 1.54) is 12.1 Å². The Morgan fingerprint density at radius 2 is 2.00 bits per heavy atom. The Hall–Kier alpha value is -1.65. The number of nitrogens with zero attached hydrogens (tertiary/aromatic N) is 1. The fourth-order valence-corrected chi connectivity index (χ4v) is 2.69. The average Bonchev–Trinajstić information content (AvgIpc) is 2.43. The molecule has 116 valence electrons. The number of rotatable bonds is 3. The van der Waals surface area contributed by atoms with Gasteiger partial charge in [-0.25, -0.2) is 13.6 Å². The van der Waals surface area contributed by atoms with Crippen LogP contribution in [0.4, 0.5) is 13.6 Å². The predicted molar refractivity (Wildman–Crippen MR) is 78.0 cm³/mol. The minimum absolute atomic E-state index is 0.0413. The van der Waals surface area contributed by atoms with Gasteiger partial charge in [0.1, 0.15) is 11.6 Å².